The first-order valence-corrected chi connectivity index (χ1v) is 6.94. The number of aryl methyl sites for hydroxylation is 1. The number of hydrogen-bond acceptors (Lipinski definition) is 3. The van der Waals surface area contributed by atoms with E-state index in [-0.39, 0.29) is 6.04 Å². The minimum Gasteiger partial charge on any atom is -0.491 e. The molecule has 0 saturated heterocycles. The number of ether oxygens (including phenoxy) is 1. The lowest BCUT2D eigenvalue weighted by Crippen LogP contribution is -2.21. The van der Waals surface area contributed by atoms with Gasteiger partial charge < -0.3 is 16.2 Å². The van der Waals surface area contributed by atoms with Crippen molar-refractivity contribution in [2.24, 2.45) is 17.4 Å². The van der Waals surface area contributed by atoms with Crippen molar-refractivity contribution in [2.45, 2.75) is 32.2 Å². The molecule has 2 rings (SSSR count). The Kier molecular flexibility index (Phi) is 4.49. The maximum atomic E-state index is 6.30. The van der Waals surface area contributed by atoms with Gasteiger partial charge in [0.25, 0.3) is 0 Å². The molecule has 1 fully saturated rings. The number of benzene rings is 1. The van der Waals surface area contributed by atoms with Gasteiger partial charge in [-0.15, -0.1) is 0 Å². The van der Waals surface area contributed by atoms with E-state index < -0.39 is 0 Å². The SMILES string of the molecule is CCc1cc(C(N)CN)cc(Cl)c1OCC1CC1. The summed E-state index contributed by atoms with van der Waals surface area (Å²) in [6.07, 6.45) is 3.43. The fourth-order valence-corrected chi connectivity index (χ4v) is 2.24. The summed E-state index contributed by atoms with van der Waals surface area (Å²) in [6.45, 7) is 3.28. The third-order valence-electron chi connectivity index (χ3n) is 3.37. The zero-order valence-electron chi connectivity index (χ0n) is 10.8. The van der Waals surface area contributed by atoms with Crippen LogP contribution in [-0.4, -0.2) is 13.2 Å². The van der Waals surface area contributed by atoms with Crippen LogP contribution in [0, 0.1) is 5.92 Å². The van der Waals surface area contributed by atoms with Crippen molar-refractivity contribution in [3.05, 3.63) is 28.3 Å². The summed E-state index contributed by atoms with van der Waals surface area (Å²) in [5, 5.41) is 0.647. The van der Waals surface area contributed by atoms with Crippen LogP contribution in [0.25, 0.3) is 0 Å². The van der Waals surface area contributed by atoms with Crippen molar-refractivity contribution in [1.82, 2.24) is 0 Å². The molecule has 0 heterocycles. The number of hydrogen-bond donors (Lipinski definition) is 2. The first kappa shape index (κ1) is 13.7. The molecule has 0 aromatic heterocycles. The molecular formula is C14H21ClN2O. The van der Waals surface area contributed by atoms with Gasteiger partial charge in [0, 0.05) is 12.6 Å². The van der Waals surface area contributed by atoms with Gasteiger partial charge >= 0.3 is 0 Å². The molecule has 0 aliphatic heterocycles. The second-order valence-electron chi connectivity index (χ2n) is 4.94. The molecule has 1 aromatic rings. The Labute approximate surface area is 113 Å². The Bertz CT molecular complexity index is 419. The zero-order chi connectivity index (χ0) is 13.1. The summed E-state index contributed by atoms with van der Waals surface area (Å²) < 4.78 is 5.85. The topological polar surface area (TPSA) is 61.3 Å². The second-order valence-corrected chi connectivity index (χ2v) is 5.35. The second kappa shape index (κ2) is 5.91. The van der Waals surface area contributed by atoms with Gasteiger partial charge in [-0.05, 0) is 42.4 Å². The first-order chi connectivity index (χ1) is 8.65. The van der Waals surface area contributed by atoms with Crippen LogP contribution in [0.1, 0.15) is 36.9 Å². The van der Waals surface area contributed by atoms with E-state index >= 15 is 0 Å². The molecule has 18 heavy (non-hydrogen) atoms. The highest BCUT2D eigenvalue weighted by Gasteiger charge is 2.23. The van der Waals surface area contributed by atoms with Gasteiger partial charge in [0.15, 0.2) is 0 Å². The first-order valence-electron chi connectivity index (χ1n) is 6.56. The largest absolute Gasteiger partial charge is 0.491 e. The highest BCUT2D eigenvalue weighted by Crippen LogP contribution is 2.35. The molecule has 1 saturated carbocycles. The van der Waals surface area contributed by atoms with Crippen molar-refractivity contribution in [2.75, 3.05) is 13.2 Å². The van der Waals surface area contributed by atoms with Crippen LogP contribution < -0.4 is 16.2 Å². The van der Waals surface area contributed by atoms with E-state index in [0.717, 1.165) is 35.8 Å². The van der Waals surface area contributed by atoms with Gasteiger partial charge in [-0.1, -0.05) is 24.6 Å². The van der Waals surface area contributed by atoms with Gasteiger partial charge in [0.05, 0.1) is 11.6 Å². The quantitative estimate of drug-likeness (QED) is 0.834. The van der Waals surface area contributed by atoms with E-state index in [1.165, 1.54) is 12.8 Å². The van der Waals surface area contributed by atoms with Gasteiger partial charge in [-0.2, -0.15) is 0 Å². The molecule has 1 aromatic carbocycles. The summed E-state index contributed by atoms with van der Waals surface area (Å²) in [7, 11) is 0. The Morgan fingerprint density at radius 3 is 2.72 bits per heavy atom. The van der Waals surface area contributed by atoms with Crippen molar-refractivity contribution in [3.8, 4) is 5.75 Å². The zero-order valence-corrected chi connectivity index (χ0v) is 11.5. The Hall–Kier alpha value is -0.770. The molecule has 1 atom stereocenters. The molecule has 0 spiro atoms. The minimum atomic E-state index is -0.162. The standard InChI is InChI=1S/C14H21ClN2O/c1-2-10-5-11(13(17)7-16)6-12(15)14(10)18-8-9-3-4-9/h5-6,9,13H,2-4,7-8,16-17H2,1H3. The van der Waals surface area contributed by atoms with E-state index in [1.807, 2.05) is 6.07 Å². The average molecular weight is 269 g/mol. The maximum Gasteiger partial charge on any atom is 0.141 e. The molecule has 0 radical (unpaired) electrons. The van der Waals surface area contributed by atoms with E-state index in [1.54, 1.807) is 0 Å². The lowest BCUT2D eigenvalue weighted by atomic mass is 10.0. The van der Waals surface area contributed by atoms with Crippen molar-refractivity contribution >= 4 is 11.6 Å². The molecule has 100 valence electrons. The maximum absolute atomic E-state index is 6.30. The van der Waals surface area contributed by atoms with Crippen LogP contribution in [0.15, 0.2) is 12.1 Å². The lowest BCUT2D eigenvalue weighted by Gasteiger charge is -2.16. The molecule has 1 aliphatic rings. The number of nitrogens with two attached hydrogens (primary N) is 2. The summed E-state index contributed by atoms with van der Waals surface area (Å²) in [5.74, 6) is 1.54. The third-order valence-corrected chi connectivity index (χ3v) is 3.65. The molecule has 0 bridgehead atoms. The van der Waals surface area contributed by atoms with Crippen LogP contribution in [-0.2, 0) is 6.42 Å². The fourth-order valence-electron chi connectivity index (χ4n) is 1.93. The minimum absolute atomic E-state index is 0.162. The average Bonchev–Trinajstić information content (AvgIpc) is 3.19. The molecule has 3 nitrogen and oxygen atoms in total. The predicted octanol–water partition coefficient (Wildman–Crippen LogP) is 2.65. The Balaban J connectivity index is 2.21. The Morgan fingerprint density at radius 1 is 1.44 bits per heavy atom. The summed E-state index contributed by atoms with van der Waals surface area (Å²) in [5.41, 5.74) is 13.6. The Morgan fingerprint density at radius 2 is 2.17 bits per heavy atom. The van der Waals surface area contributed by atoms with E-state index in [0.29, 0.717) is 11.6 Å². The van der Waals surface area contributed by atoms with Crippen molar-refractivity contribution in [3.63, 3.8) is 0 Å². The molecule has 4 heteroatoms. The van der Waals surface area contributed by atoms with E-state index in [4.69, 9.17) is 27.8 Å². The van der Waals surface area contributed by atoms with Gasteiger partial charge in [-0.3, -0.25) is 0 Å². The summed E-state index contributed by atoms with van der Waals surface area (Å²) in [6, 6.07) is 3.77. The van der Waals surface area contributed by atoms with Crippen molar-refractivity contribution in [1.29, 1.82) is 0 Å². The van der Waals surface area contributed by atoms with Crippen LogP contribution in [0.5, 0.6) is 5.75 Å². The smallest absolute Gasteiger partial charge is 0.141 e. The van der Waals surface area contributed by atoms with Crippen LogP contribution in [0.4, 0.5) is 0 Å². The number of halogens is 1. The summed E-state index contributed by atoms with van der Waals surface area (Å²) >= 11 is 6.30. The van der Waals surface area contributed by atoms with E-state index in [2.05, 4.69) is 13.0 Å². The van der Waals surface area contributed by atoms with Crippen LogP contribution in [0.3, 0.4) is 0 Å². The van der Waals surface area contributed by atoms with Crippen LogP contribution in [0.2, 0.25) is 5.02 Å². The van der Waals surface area contributed by atoms with Crippen molar-refractivity contribution < 1.29 is 4.74 Å². The molecule has 0 amide bonds. The molecule has 1 unspecified atom stereocenters. The molecule has 4 N–H and O–H groups in total. The van der Waals surface area contributed by atoms with Gasteiger partial charge in [-0.25, -0.2) is 0 Å². The summed E-state index contributed by atoms with van der Waals surface area (Å²) in [4.78, 5) is 0. The van der Waals surface area contributed by atoms with Gasteiger partial charge in [0.1, 0.15) is 5.75 Å². The highest BCUT2D eigenvalue weighted by atomic mass is 35.5. The third kappa shape index (κ3) is 3.16. The normalized spacial score (nSPS) is 16.7. The number of rotatable bonds is 6. The van der Waals surface area contributed by atoms with E-state index in [9.17, 15) is 0 Å². The van der Waals surface area contributed by atoms with Gasteiger partial charge in [0.2, 0.25) is 0 Å². The fraction of sp³-hybridized carbons (Fsp3) is 0.571. The van der Waals surface area contributed by atoms with Crippen LogP contribution >= 0.6 is 11.6 Å². The monoisotopic (exact) mass is 268 g/mol. The molecular weight excluding hydrogens is 248 g/mol. The lowest BCUT2D eigenvalue weighted by molar-refractivity contribution is 0.297. The highest BCUT2D eigenvalue weighted by molar-refractivity contribution is 6.32. The predicted molar refractivity (Wildman–Crippen MR) is 75.0 cm³/mol. The molecule has 1 aliphatic carbocycles.